The van der Waals surface area contributed by atoms with E-state index in [1.54, 1.807) is 24.3 Å². The lowest BCUT2D eigenvalue weighted by Gasteiger charge is -2.17. The van der Waals surface area contributed by atoms with E-state index < -0.39 is 11.8 Å². The third kappa shape index (κ3) is 3.69. The summed E-state index contributed by atoms with van der Waals surface area (Å²) < 4.78 is 5.53. The lowest BCUT2D eigenvalue weighted by atomic mass is 10.1. The van der Waals surface area contributed by atoms with Gasteiger partial charge in [0.25, 0.3) is 17.7 Å². The average molecular weight is 392 g/mol. The Morgan fingerprint density at radius 2 is 1.72 bits per heavy atom. The van der Waals surface area contributed by atoms with Gasteiger partial charge in [-0.3, -0.25) is 24.1 Å². The maximum absolute atomic E-state index is 12.7. The molecule has 4 rings (SSSR count). The molecular weight excluding hydrogens is 372 g/mol. The number of amides is 3. The molecule has 2 heterocycles. The Balaban J connectivity index is 1.50. The number of fused-ring (bicyclic) bond motifs is 1. The lowest BCUT2D eigenvalue weighted by Crippen LogP contribution is -2.36. The van der Waals surface area contributed by atoms with Crippen LogP contribution in [-0.2, 0) is 4.74 Å². The molecule has 1 fully saturated rings. The van der Waals surface area contributed by atoms with Crippen molar-refractivity contribution < 1.29 is 23.9 Å². The van der Waals surface area contributed by atoms with Crippen molar-refractivity contribution in [1.29, 1.82) is 0 Å². The molecule has 2 aromatic carbocycles. The summed E-state index contributed by atoms with van der Waals surface area (Å²) in [6, 6.07) is 11.0. The van der Waals surface area contributed by atoms with E-state index in [-0.39, 0.29) is 35.5 Å². The number of nitrogens with one attached hydrogen (secondary N) is 1. The summed E-state index contributed by atoms with van der Waals surface area (Å²) in [5, 5.41) is 2.73. The number of anilines is 1. The molecule has 0 bridgehead atoms. The zero-order valence-corrected chi connectivity index (χ0v) is 15.9. The highest BCUT2D eigenvalue weighted by molar-refractivity contribution is 6.22. The Morgan fingerprint density at radius 1 is 1.03 bits per heavy atom. The van der Waals surface area contributed by atoms with Gasteiger partial charge in [-0.1, -0.05) is 0 Å². The maximum atomic E-state index is 12.7. The summed E-state index contributed by atoms with van der Waals surface area (Å²) in [5.74, 6) is -1.22. The van der Waals surface area contributed by atoms with Crippen LogP contribution in [0, 0.1) is 0 Å². The Morgan fingerprint density at radius 3 is 2.38 bits per heavy atom. The number of nitrogens with zero attached hydrogens (tertiary/aromatic N) is 1. The van der Waals surface area contributed by atoms with Gasteiger partial charge in [-0.15, -0.1) is 0 Å². The third-order valence-electron chi connectivity index (χ3n) is 5.19. The first-order valence-corrected chi connectivity index (χ1v) is 9.48. The zero-order chi connectivity index (χ0) is 20.5. The molecule has 0 aromatic heterocycles. The van der Waals surface area contributed by atoms with Gasteiger partial charge < -0.3 is 10.1 Å². The van der Waals surface area contributed by atoms with Crippen LogP contribution in [0.15, 0.2) is 42.5 Å². The molecule has 1 unspecified atom stereocenters. The summed E-state index contributed by atoms with van der Waals surface area (Å²) in [4.78, 5) is 50.4. The highest BCUT2D eigenvalue weighted by Gasteiger charge is 2.37. The number of hydrogen-bond donors (Lipinski definition) is 1. The molecule has 0 aliphatic carbocycles. The molecule has 0 saturated carbocycles. The first kappa shape index (κ1) is 19.0. The van der Waals surface area contributed by atoms with Crippen LogP contribution >= 0.6 is 0 Å². The van der Waals surface area contributed by atoms with Crippen LogP contribution in [0.4, 0.5) is 5.69 Å². The topological polar surface area (TPSA) is 92.8 Å². The van der Waals surface area contributed by atoms with Gasteiger partial charge in [0, 0.05) is 23.4 Å². The Hall–Kier alpha value is -3.32. The summed E-state index contributed by atoms with van der Waals surface area (Å²) >= 11 is 0. The molecule has 148 valence electrons. The minimum absolute atomic E-state index is 0.0581. The van der Waals surface area contributed by atoms with Crippen LogP contribution in [-0.4, -0.2) is 47.7 Å². The summed E-state index contributed by atoms with van der Waals surface area (Å²) in [5.41, 5.74) is 1.89. The van der Waals surface area contributed by atoms with Gasteiger partial charge in [0.05, 0.1) is 23.8 Å². The quantitative estimate of drug-likeness (QED) is 0.624. The number of Topliss-reactive ketones (excluding diaryl/α,β-unsaturated/α-hetero) is 1. The molecule has 1 N–H and O–H groups in total. The molecule has 2 aromatic rings. The van der Waals surface area contributed by atoms with E-state index in [0.717, 1.165) is 12.8 Å². The van der Waals surface area contributed by atoms with Crippen LogP contribution in [0.2, 0.25) is 0 Å². The number of hydrogen-bond acceptors (Lipinski definition) is 5. The standard InChI is InChI=1S/C22H20N2O5/c1-13(25)14-4-7-16(8-5-14)23-20(26)15-6-9-18-19(11-15)22(28)24(21(18)27)12-17-3-2-10-29-17/h4-9,11,17H,2-3,10,12H2,1H3,(H,23,26). The minimum atomic E-state index is -0.402. The second kappa shape index (κ2) is 7.60. The number of carbonyl (C=O) groups is 4. The molecule has 7 heteroatoms. The van der Waals surface area contributed by atoms with Crippen molar-refractivity contribution in [2.45, 2.75) is 25.9 Å². The largest absolute Gasteiger partial charge is 0.376 e. The Labute approximate surface area is 167 Å². The van der Waals surface area contributed by atoms with E-state index in [0.29, 0.717) is 23.4 Å². The van der Waals surface area contributed by atoms with Crippen LogP contribution in [0.3, 0.4) is 0 Å². The lowest BCUT2D eigenvalue weighted by molar-refractivity contribution is 0.0475. The fraction of sp³-hybridized carbons (Fsp3) is 0.273. The predicted octanol–water partition coefficient (Wildman–Crippen LogP) is 2.92. The van der Waals surface area contributed by atoms with Crippen molar-refractivity contribution in [3.05, 3.63) is 64.7 Å². The van der Waals surface area contributed by atoms with Crippen molar-refractivity contribution in [3.8, 4) is 0 Å². The van der Waals surface area contributed by atoms with Gasteiger partial charge in [-0.05, 0) is 62.2 Å². The highest BCUT2D eigenvalue weighted by atomic mass is 16.5. The SMILES string of the molecule is CC(=O)c1ccc(NC(=O)c2ccc3c(c2)C(=O)N(CC2CCCO2)C3=O)cc1. The van der Waals surface area contributed by atoms with Crippen LogP contribution < -0.4 is 5.32 Å². The fourth-order valence-corrected chi connectivity index (χ4v) is 3.58. The first-order chi connectivity index (χ1) is 13.9. The van der Waals surface area contributed by atoms with Gasteiger partial charge in [-0.2, -0.15) is 0 Å². The molecule has 1 saturated heterocycles. The van der Waals surface area contributed by atoms with Gasteiger partial charge in [-0.25, -0.2) is 0 Å². The molecule has 0 spiro atoms. The van der Waals surface area contributed by atoms with Gasteiger partial charge in [0.1, 0.15) is 0 Å². The molecule has 2 aliphatic heterocycles. The second-order valence-corrected chi connectivity index (χ2v) is 7.20. The molecule has 2 aliphatic rings. The van der Waals surface area contributed by atoms with E-state index in [1.807, 2.05) is 0 Å². The number of benzene rings is 2. The average Bonchev–Trinajstić information content (AvgIpc) is 3.31. The molecule has 1 atom stereocenters. The molecule has 0 radical (unpaired) electrons. The first-order valence-electron chi connectivity index (χ1n) is 9.48. The normalized spacial score (nSPS) is 18.1. The van der Waals surface area contributed by atoms with Crippen LogP contribution in [0.1, 0.15) is 61.2 Å². The Kier molecular flexibility index (Phi) is 4.98. The van der Waals surface area contributed by atoms with Crippen LogP contribution in [0.5, 0.6) is 0 Å². The molecule has 7 nitrogen and oxygen atoms in total. The van der Waals surface area contributed by atoms with Crippen molar-refractivity contribution >= 4 is 29.2 Å². The van der Waals surface area contributed by atoms with E-state index >= 15 is 0 Å². The number of imide groups is 1. The number of ether oxygens (including phenoxy) is 1. The summed E-state index contributed by atoms with van der Waals surface area (Å²) in [6.07, 6.45) is 1.62. The van der Waals surface area contributed by atoms with Gasteiger partial charge in [0.15, 0.2) is 5.78 Å². The van der Waals surface area contributed by atoms with Crippen molar-refractivity contribution in [2.75, 3.05) is 18.5 Å². The maximum Gasteiger partial charge on any atom is 0.261 e. The van der Waals surface area contributed by atoms with Crippen molar-refractivity contribution in [3.63, 3.8) is 0 Å². The summed E-state index contributed by atoms with van der Waals surface area (Å²) in [7, 11) is 0. The van der Waals surface area contributed by atoms with Crippen LogP contribution in [0.25, 0.3) is 0 Å². The highest BCUT2D eigenvalue weighted by Crippen LogP contribution is 2.26. The molecular formula is C22H20N2O5. The number of ketones is 1. The van der Waals surface area contributed by atoms with Gasteiger partial charge in [0.2, 0.25) is 0 Å². The van der Waals surface area contributed by atoms with E-state index in [9.17, 15) is 19.2 Å². The minimum Gasteiger partial charge on any atom is -0.376 e. The van der Waals surface area contributed by atoms with E-state index in [4.69, 9.17) is 4.74 Å². The smallest absolute Gasteiger partial charge is 0.261 e. The Bertz CT molecular complexity index is 1010. The zero-order valence-electron chi connectivity index (χ0n) is 15.9. The van der Waals surface area contributed by atoms with Crippen molar-refractivity contribution in [1.82, 2.24) is 4.90 Å². The number of carbonyl (C=O) groups excluding carboxylic acids is 4. The van der Waals surface area contributed by atoms with Gasteiger partial charge >= 0.3 is 0 Å². The molecule has 3 amide bonds. The number of rotatable bonds is 5. The molecule has 29 heavy (non-hydrogen) atoms. The van der Waals surface area contributed by atoms with E-state index in [2.05, 4.69) is 5.32 Å². The second-order valence-electron chi connectivity index (χ2n) is 7.20. The monoisotopic (exact) mass is 392 g/mol. The third-order valence-corrected chi connectivity index (χ3v) is 5.19. The van der Waals surface area contributed by atoms with Crippen molar-refractivity contribution in [2.24, 2.45) is 0 Å². The van der Waals surface area contributed by atoms with E-state index in [1.165, 1.54) is 30.0 Å². The fourth-order valence-electron chi connectivity index (χ4n) is 3.58. The predicted molar refractivity (Wildman–Crippen MR) is 105 cm³/mol. The summed E-state index contributed by atoms with van der Waals surface area (Å²) in [6.45, 7) is 2.35.